The summed E-state index contributed by atoms with van der Waals surface area (Å²) >= 11 is 3.71. The van der Waals surface area contributed by atoms with Crippen molar-refractivity contribution in [2.24, 2.45) is 13.0 Å². The molecule has 1 atom stereocenters. The Kier molecular flexibility index (Phi) is 6.09. The van der Waals surface area contributed by atoms with E-state index >= 15 is 0 Å². The van der Waals surface area contributed by atoms with E-state index in [9.17, 15) is 0 Å². The molecule has 1 saturated carbocycles. The fourth-order valence-corrected chi connectivity index (χ4v) is 4.18. The molecule has 20 heavy (non-hydrogen) atoms. The zero-order valence-electron chi connectivity index (χ0n) is 13.1. The number of nitrogens with one attached hydrogen (secondary N) is 1. The number of rotatable bonds is 6. The first-order valence-corrected chi connectivity index (χ1v) is 8.90. The molecule has 0 aromatic carbocycles. The summed E-state index contributed by atoms with van der Waals surface area (Å²) < 4.78 is 3.21. The van der Waals surface area contributed by atoms with Crippen molar-refractivity contribution in [1.29, 1.82) is 0 Å². The highest BCUT2D eigenvalue weighted by molar-refractivity contribution is 9.10. The molecule has 1 aromatic rings. The van der Waals surface area contributed by atoms with Gasteiger partial charge in [0.1, 0.15) is 0 Å². The van der Waals surface area contributed by atoms with E-state index in [4.69, 9.17) is 0 Å². The maximum absolute atomic E-state index is 4.57. The quantitative estimate of drug-likeness (QED) is 0.840. The van der Waals surface area contributed by atoms with Crippen LogP contribution in [0.15, 0.2) is 4.47 Å². The summed E-state index contributed by atoms with van der Waals surface area (Å²) in [5, 5.41) is 8.36. The standard InChI is InChI=1S/C16H28BrN3/c1-4-13(12-9-7-6-8-10-12)18-11-15-16(17)14(5-2)19-20(15)3/h12-13,18H,4-11H2,1-3H3. The number of hydrogen-bond acceptors (Lipinski definition) is 2. The highest BCUT2D eigenvalue weighted by Crippen LogP contribution is 2.28. The fraction of sp³-hybridized carbons (Fsp3) is 0.812. The van der Waals surface area contributed by atoms with Crippen molar-refractivity contribution in [3.05, 3.63) is 15.9 Å². The van der Waals surface area contributed by atoms with E-state index in [2.05, 4.69) is 40.2 Å². The van der Waals surface area contributed by atoms with Crippen LogP contribution in [0.1, 0.15) is 63.8 Å². The molecule has 0 spiro atoms. The molecule has 1 aliphatic rings. The van der Waals surface area contributed by atoms with E-state index in [0.717, 1.165) is 24.6 Å². The van der Waals surface area contributed by atoms with Crippen LogP contribution in [0.2, 0.25) is 0 Å². The van der Waals surface area contributed by atoms with E-state index in [0.29, 0.717) is 6.04 Å². The SMILES string of the molecule is CCc1nn(C)c(CNC(CC)C2CCCCC2)c1Br. The highest BCUT2D eigenvalue weighted by atomic mass is 79.9. The van der Waals surface area contributed by atoms with Crippen LogP contribution in [0.4, 0.5) is 0 Å². The Morgan fingerprint density at radius 2 is 2.00 bits per heavy atom. The molecule has 1 N–H and O–H groups in total. The van der Waals surface area contributed by atoms with Crippen molar-refractivity contribution in [3.8, 4) is 0 Å². The fourth-order valence-electron chi connectivity index (χ4n) is 3.42. The molecular formula is C16H28BrN3. The minimum atomic E-state index is 0.655. The van der Waals surface area contributed by atoms with E-state index in [-0.39, 0.29) is 0 Å². The van der Waals surface area contributed by atoms with Crippen LogP contribution in [0.3, 0.4) is 0 Å². The number of aryl methyl sites for hydroxylation is 2. The Morgan fingerprint density at radius 1 is 1.30 bits per heavy atom. The smallest absolute Gasteiger partial charge is 0.0767 e. The summed E-state index contributed by atoms with van der Waals surface area (Å²) in [5.41, 5.74) is 2.44. The van der Waals surface area contributed by atoms with Gasteiger partial charge >= 0.3 is 0 Å². The summed E-state index contributed by atoms with van der Waals surface area (Å²) in [6, 6.07) is 0.655. The third kappa shape index (κ3) is 3.64. The van der Waals surface area contributed by atoms with Crippen LogP contribution in [0, 0.1) is 5.92 Å². The van der Waals surface area contributed by atoms with Crippen LogP contribution in [-0.2, 0) is 20.0 Å². The van der Waals surface area contributed by atoms with Gasteiger partial charge in [0.25, 0.3) is 0 Å². The highest BCUT2D eigenvalue weighted by Gasteiger charge is 2.22. The summed E-state index contributed by atoms with van der Waals surface area (Å²) in [4.78, 5) is 0. The Hall–Kier alpha value is -0.350. The monoisotopic (exact) mass is 341 g/mol. The van der Waals surface area contributed by atoms with Gasteiger partial charge in [-0.15, -0.1) is 0 Å². The maximum atomic E-state index is 4.57. The maximum Gasteiger partial charge on any atom is 0.0767 e. The van der Waals surface area contributed by atoms with E-state index in [1.165, 1.54) is 48.7 Å². The Bertz CT molecular complexity index is 422. The van der Waals surface area contributed by atoms with E-state index in [1.54, 1.807) is 0 Å². The van der Waals surface area contributed by atoms with Gasteiger partial charge in [-0.2, -0.15) is 5.10 Å². The van der Waals surface area contributed by atoms with Crippen LogP contribution in [0.25, 0.3) is 0 Å². The number of aromatic nitrogens is 2. The summed E-state index contributed by atoms with van der Waals surface area (Å²) in [6.45, 7) is 5.38. The molecule has 2 rings (SSSR count). The Morgan fingerprint density at radius 3 is 2.55 bits per heavy atom. The molecule has 0 amide bonds. The molecule has 0 saturated heterocycles. The summed E-state index contributed by atoms with van der Waals surface area (Å²) in [6.07, 6.45) is 9.27. The molecule has 1 aromatic heterocycles. The molecule has 1 unspecified atom stereocenters. The Balaban J connectivity index is 1.97. The normalized spacial score (nSPS) is 18.4. The van der Waals surface area contributed by atoms with Crippen molar-refractivity contribution in [1.82, 2.24) is 15.1 Å². The van der Waals surface area contributed by atoms with Gasteiger partial charge in [0.15, 0.2) is 0 Å². The molecule has 0 aliphatic heterocycles. The van der Waals surface area contributed by atoms with Crippen molar-refractivity contribution >= 4 is 15.9 Å². The van der Waals surface area contributed by atoms with Crippen LogP contribution in [0.5, 0.6) is 0 Å². The molecule has 1 heterocycles. The van der Waals surface area contributed by atoms with E-state index in [1.807, 2.05) is 11.7 Å². The number of halogens is 1. The van der Waals surface area contributed by atoms with Gasteiger partial charge in [-0.1, -0.05) is 33.1 Å². The minimum absolute atomic E-state index is 0.655. The second-order valence-electron chi connectivity index (χ2n) is 5.98. The lowest BCUT2D eigenvalue weighted by Crippen LogP contribution is -2.36. The van der Waals surface area contributed by atoms with Crippen molar-refractivity contribution < 1.29 is 0 Å². The van der Waals surface area contributed by atoms with Crippen molar-refractivity contribution in [2.75, 3.05) is 0 Å². The lowest BCUT2D eigenvalue weighted by molar-refractivity contribution is 0.260. The first kappa shape index (κ1) is 16.0. The predicted octanol–water partition coefficient (Wildman–Crippen LogP) is 4.19. The molecule has 4 heteroatoms. The average molecular weight is 342 g/mol. The third-order valence-corrected chi connectivity index (χ3v) is 5.61. The van der Waals surface area contributed by atoms with Crippen LogP contribution in [-0.4, -0.2) is 15.8 Å². The van der Waals surface area contributed by atoms with Gasteiger partial charge in [-0.25, -0.2) is 0 Å². The molecule has 1 fully saturated rings. The first-order chi connectivity index (χ1) is 9.67. The van der Waals surface area contributed by atoms with E-state index < -0.39 is 0 Å². The molecule has 114 valence electrons. The van der Waals surface area contributed by atoms with Gasteiger partial charge in [0.2, 0.25) is 0 Å². The van der Waals surface area contributed by atoms with Crippen molar-refractivity contribution in [2.45, 2.75) is 71.4 Å². The van der Waals surface area contributed by atoms with Gasteiger partial charge in [-0.05, 0) is 47.5 Å². The largest absolute Gasteiger partial charge is 0.308 e. The number of nitrogens with zero attached hydrogens (tertiary/aromatic N) is 2. The second-order valence-corrected chi connectivity index (χ2v) is 6.77. The predicted molar refractivity (Wildman–Crippen MR) is 87.8 cm³/mol. The lowest BCUT2D eigenvalue weighted by Gasteiger charge is -2.30. The van der Waals surface area contributed by atoms with Gasteiger partial charge in [0, 0.05) is 19.6 Å². The van der Waals surface area contributed by atoms with Gasteiger partial charge < -0.3 is 5.32 Å². The van der Waals surface area contributed by atoms with Crippen molar-refractivity contribution in [3.63, 3.8) is 0 Å². The topological polar surface area (TPSA) is 29.9 Å². The average Bonchev–Trinajstić information content (AvgIpc) is 2.76. The van der Waals surface area contributed by atoms with Gasteiger partial charge in [-0.3, -0.25) is 4.68 Å². The molecule has 1 aliphatic carbocycles. The van der Waals surface area contributed by atoms with Crippen LogP contribution >= 0.6 is 15.9 Å². The van der Waals surface area contributed by atoms with Gasteiger partial charge in [0.05, 0.1) is 15.9 Å². The molecule has 3 nitrogen and oxygen atoms in total. The second kappa shape index (κ2) is 7.60. The molecule has 0 bridgehead atoms. The first-order valence-electron chi connectivity index (χ1n) is 8.11. The zero-order chi connectivity index (χ0) is 14.5. The summed E-state index contributed by atoms with van der Waals surface area (Å²) in [5.74, 6) is 0.867. The molecule has 0 radical (unpaired) electrons. The number of hydrogen-bond donors (Lipinski definition) is 1. The zero-order valence-corrected chi connectivity index (χ0v) is 14.7. The summed E-state index contributed by atoms with van der Waals surface area (Å²) in [7, 11) is 2.04. The minimum Gasteiger partial charge on any atom is -0.308 e. The molecular weight excluding hydrogens is 314 g/mol. The Labute approximate surface area is 131 Å². The third-order valence-electron chi connectivity index (χ3n) is 4.69. The lowest BCUT2D eigenvalue weighted by atomic mass is 9.83. The van der Waals surface area contributed by atoms with Crippen LogP contribution < -0.4 is 5.32 Å².